The minimum atomic E-state index is 0.437. The zero-order chi connectivity index (χ0) is 15.4. The molecule has 0 aliphatic carbocycles. The number of nitrogens with zero attached hydrogens (tertiary/aromatic N) is 6. The Balaban J connectivity index is 1.67. The van der Waals surface area contributed by atoms with Gasteiger partial charge in [0.1, 0.15) is 5.82 Å². The van der Waals surface area contributed by atoms with Crippen molar-refractivity contribution in [2.75, 3.05) is 18.0 Å². The van der Waals surface area contributed by atoms with Crippen LogP contribution in [0.15, 0.2) is 18.3 Å². The molecule has 114 valence electrons. The monoisotopic (exact) mass is 296 g/mol. The average Bonchev–Trinajstić information content (AvgIpc) is 2.99. The topological polar surface area (TPSA) is 51.2 Å². The third-order valence-corrected chi connectivity index (χ3v) is 4.54. The lowest BCUT2D eigenvalue weighted by atomic mass is 10.1. The Morgan fingerprint density at radius 1 is 1.14 bits per heavy atom. The van der Waals surface area contributed by atoms with Crippen LogP contribution in [0.5, 0.6) is 0 Å². The molecule has 6 heteroatoms. The minimum Gasteiger partial charge on any atom is -0.352 e. The second kappa shape index (κ2) is 4.56. The molecule has 0 aromatic carbocycles. The maximum Gasteiger partial charge on any atom is 0.157 e. The van der Waals surface area contributed by atoms with Crippen molar-refractivity contribution in [3.05, 3.63) is 41.0 Å². The molecule has 0 atom stereocenters. The maximum absolute atomic E-state index is 4.61. The molecule has 0 bridgehead atoms. The molecule has 22 heavy (non-hydrogen) atoms. The van der Waals surface area contributed by atoms with Crippen LogP contribution in [0.1, 0.15) is 28.7 Å². The lowest BCUT2D eigenvalue weighted by molar-refractivity contribution is 0.356. The van der Waals surface area contributed by atoms with E-state index in [4.69, 9.17) is 0 Å². The van der Waals surface area contributed by atoms with Crippen LogP contribution in [0.25, 0.3) is 5.65 Å². The van der Waals surface area contributed by atoms with E-state index in [9.17, 15) is 0 Å². The molecule has 4 heterocycles. The Kier molecular flexibility index (Phi) is 2.76. The number of anilines is 1. The van der Waals surface area contributed by atoms with Gasteiger partial charge in [0.05, 0.1) is 17.9 Å². The Bertz CT molecular complexity index is 853. The van der Waals surface area contributed by atoms with Crippen LogP contribution >= 0.6 is 0 Å². The van der Waals surface area contributed by atoms with E-state index in [1.807, 2.05) is 23.7 Å². The van der Waals surface area contributed by atoms with Crippen LogP contribution in [0.4, 0.5) is 5.82 Å². The van der Waals surface area contributed by atoms with Gasteiger partial charge in [-0.15, -0.1) is 0 Å². The van der Waals surface area contributed by atoms with Crippen molar-refractivity contribution in [2.45, 2.75) is 33.7 Å². The molecule has 1 saturated heterocycles. The van der Waals surface area contributed by atoms with Gasteiger partial charge in [-0.25, -0.2) is 4.98 Å². The number of rotatable bonds is 2. The number of fused-ring (bicyclic) bond motifs is 1. The summed E-state index contributed by atoms with van der Waals surface area (Å²) in [6.07, 6.45) is 1.81. The van der Waals surface area contributed by atoms with Crippen molar-refractivity contribution in [3.8, 4) is 0 Å². The quantitative estimate of drug-likeness (QED) is 0.727. The molecule has 0 unspecified atom stereocenters. The zero-order valence-electron chi connectivity index (χ0n) is 13.4. The third-order valence-electron chi connectivity index (χ3n) is 4.54. The molecular formula is C16H20N6. The SMILES string of the molecule is Cc1cc(C)n(C2CN(c3c(C)c(C)nc4ccnn34)C2)n1. The van der Waals surface area contributed by atoms with Gasteiger partial charge in [-0.3, -0.25) is 4.68 Å². The lowest BCUT2D eigenvalue weighted by Gasteiger charge is -2.42. The molecular weight excluding hydrogens is 276 g/mol. The summed E-state index contributed by atoms with van der Waals surface area (Å²) in [7, 11) is 0. The highest BCUT2D eigenvalue weighted by Crippen LogP contribution is 2.31. The van der Waals surface area contributed by atoms with Crippen LogP contribution in [-0.2, 0) is 0 Å². The molecule has 1 aliphatic heterocycles. The smallest absolute Gasteiger partial charge is 0.157 e. The zero-order valence-corrected chi connectivity index (χ0v) is 13.4. The third kappa shape index (κ3) is 1.83. The Labute approximate surface area is 129 Å². The van der Waals surface area contributed by atoms with E-state index in [2.05, 4.69) is 51.6 Å². The van der Waals surface area contributed by atoms with Gasteiger partial charge in [0.15, 0.2) is 5.65 Å². The van der Waals surface area contributed by atoms with Gasteiger partial charge in [0.25, 0.3) is 0 Å². The molecule has 1 fully saturated rings. The van der Waals surface area contributed by atoms with Gasteiger partial charge < -0.3 is 4.90 Å². The van der Waals surface area contributed by atoms with E-state index in [-0.39, 0.29) is 0 Å². The summed E-state index contributed by atoms with van der Waals surface area (Å²) < 4.78 is 4.09. The van der Waals surface area contributed by atoms with Crippen molar-refractivity contribution in [1.82, 2.24) is 24.4 Å². The van der Waals surface area contributed by atoms with Crippen molar-refractivity contribution < 1.29 is 0 Å². The number of hydrogen-bond acceptors (Lipinski definition) is 4. The first kappa shape index (κ1) is 13.3. The van der Waals surface area contributed by atoms with E-state index in [1.54, 1.807) is 0 Å². The Hall–Kier alpha value is -2.37. The van der Waals surface area contributed by atoms with Crippen molar-refractivity contribution in [1.29, 1.82) is 0 Å². The summed E-state index contributed by atoms with van der Waals surface area (Å²) in [5, 5.41) is 9.04. The van der Waals surface area contributed by atoms with Crippen molar-refractivity contribution in [2.24, 2.45) is 0 Å². The molecule has 0 amide bonds. The Morgan fingerprint density at radius 3 is 2.59 bits per heavy atom. The van der Waals surface area contributed by atoms with Crippen LogP contribution in [0.2, 0.25) is 0 Å². The fraction of sp³-hybridized carbons (Fsp3) is 0.438. The van der Waals surface area contributed by atoms with Gasteiger partial charge in [0.2, 0.25) is 0 Å². The molecule has 4 rings (SSSR count). The highest BCUT2D eigenvalue weighted by molar-refractivity contribution is 5.57. The summed E-state index contributed by atoms with van der Waals surface area (Å²) in [4.78, 5) is 6.95. The van der Waals surface area contributed by atoms with Gasteiger partial charge in [-0.1, -0.05) is 0 Å². The fourth-order valence-electron chi connectivity index (χ4n) is 3.29. The van der Waals surface area contributed by atoms with E-state index < -0.39 is 0 Å². The van der Waals surface area contributed by atoms with Gasteiger partial charge >= 0.3 is 0 Å². The molecule has 3 aromatic heterocycles. The summed E-state index contributed by atoms with van der Waals surface area (Å²) in [6.45, 7) is 10.3. The molecule has 1 aliphatic rings. The second-order valence-electron chi connectivity index (χ2n) is 6.18. The van der Waals surface area contributed by atoms with Crippen LogP contribution in [0, 0.1) is 27.7 Å². The molecule has 3 aromatic rings. The minimum absolute atomic E-state index is 0.437. The molecule has 6 nitrogen and oxygen atoms in total. The van der Waals surface area contributed by atoms with Crippen LogP contribution in [0.3, 0.4) is 0 Å². The fourth-order valence-corrected chi connectivity index (χ4v) is 3.29. The summed E-state index contributed by atoms with van der Waals surface area (Å²) >= 11 is 0. The summed E-state index contributed by atoms with van der Waals surface area (Å²) in [5.41, 5.74) is 5.49. The maximum atomic E-state index is 4.61. The van der Waals surface area contributed by atoms with Gasteiger partial charge in [-0.05, 0) is 33.8 Å². The van der Waals surface area contributed by atoms with E-state index in [0.717, 1.165) is 35.9 Å². The number of aromatic nitrogens is 5. The van der Waals surface area contributed by atoms with Crippen LogP contribution < -0.4 is 4.90 Å². The predicted octanol–water partition coefficient (Wildman–Crippen LogP) is 2.22. The summed E-state index contributed by atoms with van der Waals surface area (Å²) in [5.74, 6) is 1.16. The lowest BCUT2D eigenvalue weighted by Crippen LogP contribution is -2.49. The van der Waals surface area contributed by atoms with Crippen molar-refractivity contribution >= 4 is 11.5 Å². The first-order valence-electron chi connectivity index (χ1n) is 7.63. The molecule has 0 saturated carbocycles. The molecule has 0 radical (unpaired) electrons. The van der Waals surface area contributed by atoms with Crippen LogP contribution in [-0.4, -0.2) is 37.5 Å². The second-order valence-corrected chi connectivity index (χ2v) is 6.18. The normalized spacial score (nSPS) is 15.5. The highest BCUT2D eigenvalue weighted by atomic mass is 15.4. The molecule has 0 spiro atoms. The van der Waals surface area contributed by atoms with E-state index >= 15 is 0 Å². The van der Waals surface area contributed by atoms with E-state index in [0.29, 0.717) is 6.04 Å². The van der Waals surface area contributed by atoms with Gasteiger partial charge in [0, 0.05) is 36.1 Å². The summed E-state index contributed by atoms with van der Waals surface area (Å²) in [6, 6.07) is 4.52. The van der Waals surface area contributed by atoms with Crippen molar-refractivity contribution in [3.63, 3.8) is 0 Å². The first-order chi connectivity index (χ1) is 10.5. The first-order valence-corrected chi connectivity index (χ1v) is 7.63. The number of aryl methyl sites for hydroxylation is 3. The Morgan fingerprint density at radius 2 is 1.91 bits per heavy atom. The largest absolute Gasteiger partial charge is 0.352 e. The predicted molar refractivity (Wildman–Crippen MR) is 85.4 cm³/mol. The van der Waals surface area contributed by atoms with Gasteiger partial charge in [-0.2, -0.15) is 14.7 Å². The van der Waals surface area contributed by atoms with E-state index in [1.165, 1.54) is 11.3 Å². The number of hydrogen-bond donors (Lipinski definition) is 0. The standard InChI is InChI=1S/C16H20N6/c1-10-7-11(2)21(19-10)14-8-20(9-14)16-12(3)13(4)18-15-5-6-17-22(15)16/h5-7,14H,8-9H2,1-4H3. The molecule has 0 N–H and O–H groups in total. The average molecular weight is 296 g/mol. The highest BCUT2D eigenvalue weighted by Gasteiger charge is 2.32.